The number of para-hydroxylation sites is 1. The van der Waals surface area contributed by atoms with E-state index in [9.17, 15) is 0 Å². The number of allylic oxidation sites excluding steroid dienone is 2. The molecule has 0 saturated heterocycles. The van der Waals surface area contributed by atoms with Gasteiger partial charge in [0, 0.05) is 37.1 Å². The fraction of sp³-hybridized carbons (Fsp3) is 0.438. The molecule has 0 atom stereocenters. The molecule has 0 aliphatic rings. The molecule has 1 aromatic carbocycles. The lowest BCUT2D eigenvalue weighted by Crippen LogP contribution is -2.18. The molecule has 0 aliphatic heterocycles. The van der Waals surface area contributed by atoms with E-state index in [1.807, 2.05) is 44.2 Å². The van der Waals surface area contributed by atoms with Crippen LogP contribution in [0.5, 0.6) is 0 Å². The lowest BCUT2D eigenvalue weighted by atomic mass is 10.2. The molecule has 0 fully saturated rings. The Hall–Kier alpha value is -1.83. The molecular formula is C16H22N2O2. The van der Waals surface area contributed by atoms with Gasteiger partial charge in [-0.15, -0.1) is 0 Å². The lowest BCUT2D eigenvalue weighted by Gasteiger charge is -2.18. The fourth-order valence-electron chi connectivity index (χ4n) is 1.82. The number of ether oxygens (including phenoxy) is 2. The average Bonchev–Trinajstić information content (AvgIpc) is 2.46. The van der Waals surface area contributed by atoms with Gasteiger partial charge in [-0.25, -0.2) is 0 Å². The van der Waals surface area contributed by atoms with E-state index >= 15 is 0 Å². The second-order valence-electron chi connectivity index (χ2n) is 4.17. The summed E-state index contributed by atoms with van der Waals surface area (Å²) >= 11 is 0. The third kappa shape index (κ3) is 6.37. The standard InChI is InChI=1S/C16H22N2O2/c1-3-19-16(20-4-2)11-10-15(12-13-17)18-14-8-6-5-7-9-14/h5-9,12,16,18H,3-4,10-11H2,1-2H3/b15-12+. The Bertz CT molecular complexity index is 432. The van der Waals surface area contributed by atoms with Crippen molar-refractivity contribution < 1.29 is 9.47 Å². The van der Waals surface area contributed by atoms with Crippen molar-refractivity contribution >= 4 is 5.69 Å². The van der Waals surface area contributed by atoms with Crippen LogP contribution in [0.4, 0.5) is 5.69 Å². The largest absolute Gasteiger partial charge is 0.358 e. The van der Waals surface area contributed by atoms with Crippen LogP contribution in [0.2, 0.25) is 0 Å². The van der Waals surface area contributed by atoms with Crippen molar-refractivity contribution in [3.63, 3.8) is 0 Å². The number of rotatable bonds is 9. The van der Waals surface area contributed by atoms with E-state index in [1.165, 1.54) is 6.08 Å². The van der Waals surface area contributed by atoms with Gasteiger partial charge in [0.1, 0.15) is 0 Å². The van der Waals surface area contributed by atoms with E-state index in [1.54, 1.807) is 0 Å². The minimum absolute atomic E-state index is 0.218. The topological polar surface area (TPSA) is 54.3 Å². The molecule has 0 radical (unpaired) electrons. The molecule has 1 aromatic rings. The van der Waals surface area contributed by atoms with E-state index in [4.69, 9.17) is 14.7 Å². The molecule has 0 spiro atoms. The smallest absolute Gasteiger partial charge is 0.157 e. The minimum atomic E-state index is -0.218. The van der Waals surface area contributed by atoms with E-state index in [0.717, 1.165) is 17.8 Å². The first-order valence-corrected chi connectivity index (χ1v) is 6.94. The number of nitriles is 1. The summed E-state index contributed by atoms with van der Waals surface area (Å²) in [7, 11) is 0. The summed E-state index contributed by atoms with van der Waals surface area (Å²) in [6.07, 6.45) is 2.73. The lowest BCUT2D eigenvalue weighted by molar-refractivity contribution is -0.139. The van der Waals surface area contributed by atoms with Gasteiger partial charge in [-0.2, -0.15) is 5.26 Å². The molecule has 0 heterocycles. The van der Waals surface area contributed by atoms with Crippen LogP contribution >= 0.6 is 0 Å². The molecule has 1 N–H and O–H groups in total. The molecule has 0 aliphatic carbocycles. The Kier molecular flexibility index (Phi) is 8.13. The van der Waals surface area contributed by atoms with Crippen LogP contribution in [0.3, 0.4) is 0 Å². The highest BCUT2D eigenvalue weighted by atomic mass is 16.7. The van der Waals surface area contributed by atoms with Crippen LogP contribution in [-0.4, -0.2) is 19.5 Å². The Morgan fingerprint density at radius 3 is 2.45 bits per heavy atom. The van der Waals surface area contributed by atoms with Crippen molar-refractivity contribution in [3.05, 3.63) is 42.1 Å². The number of hydrogen-bond donors (Lipinski definition) is 1. The SMILES string of the molecule is CCOC(CC/C(=C\C#N)Nc1ccccc1)OCC. The predicted molar refractivity (Wildman–Crippen MR) is 80.0 cm³/mol. The molecule has 0 unspecified atom stereocenters. The Balaban J connectivity index is 2.55. The summed E-state index contributed by atoms with van der Waals surface area (Å²) in [5, 5.41) is 12.1. The highest BCUT2D eigenvalue weighted by molar-refractivity contribution is 5.48. The van der Waals surface area contributed by atoms with Crippen molar-refractivity contribution in [3.8, 4) is 6.07 Å². The molecule has 0 saturated carbocycles. The van der Waals surface area contributed by atoms with E-state index in [2.05, 4.69) is 11.4 Å². The van der Waals surface area contributed by atoms with E-state index < -0.39 is 0 Å². The molecule has 1 rings (SSSR count). The highest BCUT2D eigenvalue weighted by Gasteiger charge is 2.09. The van der Waals surface area contributed by atoms with Gasteiger partial charge >= 0.3 is 0 Å². The zero-order valence-corrected chi connectivity index (χ0v) is 12.1. The molecule has 0 aromatic heterocycles. The van der Waals surface area contributed by atoms with Gasteiger partial charge in [0.15, 0.2) is 6.29 Å². The fourth-order valence-corrected chi connectivity index (χ4v) is 1.82. The summed E-state index contributed by atoms with van der Waals surface area (Å²) in [5.41, 5.74) is 1.83. The van der Waals surface area contributed by atoms with Gasteiger partial charge in [-0.1, -0.05) is 18.2 Å². The zero-order valence-electron chi connectivity index (χ0n) is 12.1. The summed E-state index contributed by atoms with van der Waals surface area (Å²) in [5.74, 6) is 0. The van der Waals surface area contributed by atoms with Gasteiger partial charge in [-0.3, -0.25) is 0 Å². The van der Waals surface area contributed by atoms with E-state index in [-0.39, 0.29) is 6.29 Å². The first-order valence-electron chi connectivity index (χ1n) is 6.94. The summed E-state index contributed by atoms with van der Waals surface area (Å²) in [4.78, 5) is 0. The summed E-state index contributed by atoms with van der Waals surface area (Å²) < 4.78 is 11.0. The number of nitrogens with zero attached hydrogens (tertiary/aromatic N) is 1. The number of anilines is 1. The van der Waals surface area contributed by atoms with Crippen LogP contribution in [0, 0.1) is 11.3 Å². The van der Waals surface area contributed by atoms with Gasteiger partial charge in [0.25, 0.3) is 0 Å². The van der Waals surface area contributed by atoms with Crippen LogP contribution in [0.1, 0.15) is 26.7 Å². The molecule has 4 heteroatoms. The van der Waals surface area contributed by atoms with Crippen LogP contribution in [-0.2, 0) is 9.47 Å². The predicted octanol–water partition coefficient (Wildman–Crippen LogP) is 3.69. The second-order valence-corrected chi connectivity index (χ2v) is 4.17. The zero-order chi connectivity index (χ0) is 14.6. The van der Waals surface area contributed by atoms with Gasteiger partial charge < -0.3 is 14.8 Å². The monoisotopic (exact) mass is 274 g/mol. The van der Waals surface area contributed by atoms with Crippen LogP contribution in [0.25, 0.3) is 0 Å². The van der Waals surface area contributed by atoms with Crippen LogP contribution < -0.4 is 5.32 Å². The van der Waals surface area contributed by atoms with Gasteiger partial charge in [0.05, 0.1) is 6.07 Å². The van der Waals surface area contributed by atoms with Gasteiger partial charge in [-0.05, 0) is 32.4 Å². The molecule has 20 heavy (non-hydrogen) atoms. The van der Waals surface area contributed by atoms with E-state index in [0.29, 0.717) is 19.6 Å². The minimum Gasteiger partial charge on any atom is -0.358 e. The number of nitrogens with one attached hydrogen (secondary N) is 1. The summed E-state index contributed by atoms with van der Waals surface area (Å²) in [6.45, 7) is 5.13. The van der Waals surface area contributed by atoms with Crippen molar-refractivity contribution in [1.82, 2.24) is 0 Å². The third-order valence-electron chi connectivity index (χ3n) is 2.67. The van der Waals surface area contributed by atoms with Crippen LogP contribution in [0.15, 0.2) is 42.1 Å². The maximum atomic E-state index is 8.86. The van der Waals surface area contributed by atoms with Crippen molar-refractivity contribution in [2.24, 2.45) is 0 Å². The maximum Gasteiger partial charge on any atom is 0.157 e. The first kappa shape index (κ1) is 16.2. The third-order valence-corrected chi connectivity index (χ3v) is 2.67. The van der Waals surface area contributed by atoms with Crippen molar-refractivity contribution in [2.75, 3.05) is 18.5 Å². The second kappa shape index (κ2) is 10.0. The van der Waals surface area contributed by atoms with Crippen molar-refractivity contribution in [1.29, 1.82) is 5.26 Å². The molecule has 0 amide bonds. The number of hydrogen-bond acceptors (Lipinski definition) is 4. The molecular weight excluding hydrogens is 252 g/mol. The number of benzene rings is 1. The molecule has 0 bridgehead atoms. The maximum absolute atomic E-state index is 8.86. The molecule has 4 nitrogen and oxygen atoms in total. The first-order chi connectivity index (χ1) is 9.80. The Morgan fingerprint density at radius 2 is 1.90 bits per heavy atom. The Morgan fingerprint density at radius 1 is 1.25 bits per heavy atom. The van der Waals surface area contributed by atoms with Gasteiger partial charge in [0.2, 0.25) is 0 Å². The van der Waals surface area contributed by atoms with Crippen molar-refractivity contribution in [2.45, 2.75) is 33.0 Å². The Labute approximate surface area is 121 Å². The normalized spacial score (nSPS) is 11.4. The molecule has 108 valence electrons. The summed E-state index contributed by atoms with van der Waals surface area (Å²) in [6, 6.07) is 11.9. The quantitative estimate of drug-likeness (QED) is 0.551. The average molecular weight is 274 g/mol. The highest BCUT2D eigenvalue weighted by Crippen LogP contribution is 2.15.